The van der Waals surface area contributed by atoms with Gasteiger partial charge in [-0.15, -0.1) is 0 Å². The summed E-state index contributed by atoms with van der Waals surface area (Å²) < 4.78 is 34.1. The van der Waals surface area contributed by atoms with Crippen molar-refractivity contribution >= 4 is 59.1 Å². The minimum absolute atomic E-state index is 0. The van der Waals surface area contributed by atoms with Crippen LogP contribution in [0.4, 0.5) is 0 Å². The molecule has 0 bridgehead atoms. The van der Waals surface area contributed by atoms with E-state index in [0.29, 0.717) is 0 Å². The van der Waals surface area contributed by atoms with Gasteiger partial charge in [0.15, 0.2) is 0 Å². The van der Waals surface area contributed by atoms with Crippen LogP contribution in [0.25, 0.3) is 0 Å². The van der Waals surface area contributed by atoms with Crippen molar-refractivity contribution in [3.63, 3.8) is 0 Å². The Morgan fingerprint density at radius 1 is 1.00 bits per heavy atom. The standard InChI is InChI=1S/Ca.H2O4S.2H2O.H3Si/c;1-5(2,3)4;;;/h;(H2,1,2,3,4);2*1H2;1H3/q+2;;;;-1/p-2. The van der Waals surface area contributed by atoms with Gasteiger partial charge in [0.25, 0.3) is 0 Å². The molecule has 0 rings (SSSR count). The summed E-state index contributed by atoms with van der Waals surface area (Å²) in [7, 11) is -5.17. The molecule has 0 saturated carbocycles. The average Bonchev–Trinajstić information content (AvgIpc) is 0.722. The van der Waals surface area contributed by atoms with Crippen molar-refractivity contribution < 1.29 is 28.5 Å². The second-order valence-electron chi connectivity index (χ2n) is 0.408. The molecule has 0 aliphatic carbocycles. The first kappa shape index (κ1) is 31.8. The largest absolute Gasteiger partial charge is 2.00 e. The van der Waals surface area contributed by atoms with E-state index in [1.165, 1.54) is 0 Å². The molecule has 6 nitrogen and oxygen atoms in total. The van der Waals surface area contributed by atoms with Crippen LogP contribution in [0.1, 0.15) is 0 Å². The summed E-state index contributed by atoms with van der Waals surface area (Å²) >= 11 is 0. The zero-order valence-corrected chi connectivity index (χ0v) is 9.77. The number of hydrogen-bond acceptors (Lipinski definition) is 4. The molecule has 0 unspecified atom stereocenters. The summed E-state index contributed by atoms with van der Waals surface area (Å²) in [6.07, 6.45) is 0. The first-order valence-corrected chi connectivity index (χ1v) is 2.00. The van der Waals surface area contributed by atoms with E-state index in [9.17, 15) is 0 Å². The van der Waals surface area contributed by atoms with Gasteiger partial charge in [-0.2, -0.15) is 0 Å². The van der Waals surface area contributed by atoms with E-state index >= 15 is 0 Å². The summed E-state index contributed by atoms with van der Waals surface area (Å²) in [4.78, 5) is 0. The molecule has 0 atom stereocenters. The second kappa shape index (κ2) is 12.0. The van der Waals surface area contributed by atoms with Gasteiger partial charge in [0, 0.05) is 10.4 Å². The van der Waals surface area contributed by atoms with Crippen molar-refractivity contribution in [2.75, 3.05) is 0 Å². The zero-order valence-electron chi connectivity index (χ0n) is 4.75. The number of hydrogen-bond donors (Lipinski definition) is 0. The molecule has 0 fully saturated rings. The first-order chi connectivity index (χ1) is 2.00. The molecule has 9 heavy (non-hydrogen) atoms. The molecule has 0 heterocycles. The van der Waals surface area contributed by atoms with E-state index in [1.807, 2.05) is 0 Å². The molecule has 0 aromatic carbocycles. The van der Waals surface area contributed by atoms with Crippen LogP contribution in [-0.4, -0.2) is 77.2 Å². The van der Waals surface area contributed by atoms with Crippen LogP contribution in [0.15, 0.2) is 0 Å². The molecule has 0 aromatic rings. The normalized spacial score (nSPS) is 6.44. The van der Waals surface area contributed by atoms with Crippen molar-refractivity contribution in [3.8, 4) is 0 Å². The summed E-state index contributed by atoms with van der Waals surface area (Å²) in [5.74, 6) is 0. The van der Waals surface area contributed by atoms with Crippen molar-refractivity contribution in [2.24, 2.45) is 0 Å². The van der Waals surface area contributed by atoms with Crippen LogP contribution < -0.4 is 0 Å². The van der Waals surface area contributed by atoms with Crippen LogP contribution >= 0.6 is 0 Å². The van der Waals surface area contributed by atoms with E-state index in [4.69, 9.17) is 17.5 Å². The van der Waals surface area contributed by atoms with Crippen LogP contribution in [0.2, 0.25) is 0 Å². The van der Waals surface area contributed by atoms with E-state index in [0.717, 1.165) is 0 Å². The third-order valence-electron chi connectivity index (χ3n) is 0. The van der Waals surface area contributed by atoms with Gasteiger partial charge in [-0.1, -0.05) is 0 Å². The van der Waals surface area contributed by atoms with Crippen molar-refractivity contribution in [1.29, 1.82) is 0 Å². The summed E-state index contributed by atoms with van der Waals surface area (Å²) in [5, 5.41) is 0. The third-order valence-corrected chi connectivity index (χ3v) is 0. The maximum atomic E-state index is 8.52. The predicted octanol–water partition coefficient (Wildman–Crippen LogP) is -4.55. The molecule has 0 spiro atoms. The minimum atomic E-state index is -5.17. The Labute approximate surface area is 86.9 Å². The Kier molecular flexibility index (Phi) is 42.4. The maximum Gasteiger partial charge on any atom is 2.00 e. The van der Waals surface area contributed by atoms with Gasteiger partial charge in [-0.05, 0) is 0 Å². The predicted molar refractivity (Wildman–Crippen MR) is 33.4 cm³/mol. The second-order valence-corrected chi connectivity index (χ2v) is 1.22. The molecular weight excluding hydrogens is 196 g/mol. The van der Waals surface area contributed by atoms with E-state index in [1.54, 1.807) is 0 Å². The SMILES string of the molecule is O.O.O=S(=O)([O-])[O-].[Ca+2].[SiH3-]. The maximum absolute atomic E-state index is 8.52. The molecule has 0 saturated heterocycles. The van der Waals surface area contributed by atoms with Crippen LogP contribution in [0.3, 0.4) is 0 Å². The van der Waals surface area contributed by atoms with Gasteiger partial charge in [-0.25, -0.2) is 0 Å². The van der Waals surface area contributed by atoms with E-state index < -0.39 is 10.4 Å². The molecular formula is H7CaO6SSi-. The molecule has 56 valence electrons. The Hall–Kier alpha value is 1.27. The summed E-state index contributed by atoms with van der Waals surface area (Å²) in [6.45, 7) is 0. The van der Waals surface area contributed by atoms with Gasteiger partial charge >= 0.3 is 37.7 Å². The molecule has 9 heteroatoms. The van der Waals surface area contributed by atoms with Crippen molar-refractivity contribution in [2.45, 2.75) is 0 Å². The Balaban J connectivity index is -0.0000000133. The van der Waals surface area contributed by atoms with Crippen LogP contribution in [0.5, 0.6) is 0 Å². The fourth-order valence-electron chi connectivity index (χ4n) is 0. The van der Waals surface area contributed by atoms with Crippen LogP contribution in [0, 0.1) is 0 Å². The Bertz CT molecular complexity index is 96.2. The Morgan fingerprint density at radius 3 is 1.00 bits per heavy atom. The quantitative estimate of drug-likeness (QED) is 0.222. The van der Waals surface area contributed by atoms with E-state index in [2.05, 4.69) is 0 Å². The zero-order chi connectivity index (χ0) is 4.50. The third kappa shape index (κ3) is 305. The van der Waals surface area contributed by atoms with Crippen molar-refractivity contribution in [1.82, 2.24) is 0 Å². The van der Waals surface area contributed by atoms with E-state index in [-0.39, 0.29) is 59.7 Å². The van der Waals surface area contributed by atoms with Gasteiger partial charge in [0.05, 0.1) is 0 Å². The molecule has 0 aromatic heterocycles. The monoisotopic (exact) mass is 203 g/mol. The fraction of sp³-hybridized carbons (Fsp3) is 0. The molecule has 0 amide bonds. The summed E-state index contributed by atoms with van der Waals surface area (Å²) in [6, 6.07) is 0. The number of rotatable bonds is 0. The molecule has 0 radical (unpaired) electrons. The van der Waals surface area contributed by atoms with Crippen LogP contribution in [-0.2, 0) is 10.4 Å². The fourth-order valence-corrected chi connectivity index (χ4v) is 0. The van der Waals surface area contributed by atoms with Gasteiger partial charge in [0.1, 0.15) is 0 Å². The Morgan fingerprint density at radius 2 is 1.00 bits per heavy atom. The molecule has 0 aliphatic heterocycles. The van der Waals surface area contributed by atoms with Crippen molar-refractivity contribution in [3.05, 3.63) is 0 Å². The van der Waals surface area contributed by atoms with Gasteiger partial charge < -0.3 is 31.0 Å². The average molecular weight is 203 g/mol. The van der Waals surface area contributed by atoms with Gasteiger partial charge in [0.2, 0.25) is 0 Å². The topological polar surface area (TPSA) is 143 Å². The molecule has 0 aliphatic rings. The minimum Gasteiger partial charge on any atom is -0.759 e. The first-order valence-electron chi connectivity index (χ1n) is 0.667. The van der Waals surface area contributed by atoms with Gasteiger partial charge in [-0.3, -0.25) is 8.42 Å². The summed E-state index contributed by atoms with van der Waals surface area (Å²) in [5.41, 5.74) is 0. The molecule has 4 N–H and O–H groups in total. The smallest absolute Gasteiger partial charge is 0.759 e.